The molecular weight excluding hydrogens is 350 g/mol. The van der Waals surface area contributed by atoms with E-state index in [1.165, 1.54) is 17.7 Å². The Bertz CT molecular complexity index is 610. The monoisotopic (exact) mass is 389 g/mol. The van der Waals surface area contributed by atoms with Crippen molar-refractivity contribution in [3.63, 3.8) is 0 Å². The molecule has 0 heterocycles. The minimum Gasteiger partial charge on any atom is -0.335 e. The number of para-hydroxylation sites is 1. The van der Waals surface area contributed by atoms with Crippen LogP contribution in [-0.2, 0) is 9.59 Å². The van der Waals surface area contributed by atoms with Crippen LogP contribution in [0.25, 0.3) is 0 Å². The number of carbonyl (C=O) groups is 2. The van der Waals surface area contributed by atoms with Gasteiger partial charge in [0.15, 0.2) is 0 Å². The molecule has 1 aromatic carbocycles. The van der Waals surface area contributed by atoms with Crippen LogP contribution < -0.4 is 5.32 Å². The average molecular weight is 390 g/mol. The third-order valence-corrected chi connectivity index (χ3v) is 5.27. The van der Waals surface area contributed by atoms with Crippen molar-refractivity contribution in [2.24, 2.45) is 0 Å². The number of carbonyl (C=O) groups excluding carboxylic acids is 2. The van der Waals surface area contributed by atoms with Gasteiger partial charge >= 0.3 is 0 Å². The van der Waals surface area contributed by atoms with Crippen molar-refractivity contribution in [2.75, 3.05) is 32.0 Å². The third-order valence-electron chi connectivity index (χ3n) is 5.27. The molecule has 5 heteroatoms. The molecule has 1 aromatic rings. The molecule has 0 radical (unpaired) electrons. The molecule has 0 bridgehead atoms. The lowest BCUT2D eigenvalue weighted by Gasteiger charge is -2.30. The van der Waals surface area contributed by atoms with Gasteiger partial charge in [-0.15, -0.1) is 0 Å². The minimum atomic E-state index is -0.160. The molecule has 1 N–H and O–H groups in total. The molecule has 5 nitrogen and oxygen atoms in total. The number of aryl methyl sites for hydroxylation is 2. The van der Waals surface area contributed by atoms with Crippen LogP contribution >= 0.6 is 0 Å². The maximum absolute atomic E-state index is 12.7. The maximum Gasteiger partial charge on any atom is 0.243 e. The largest absolute Gasteiger partial charge is 0.335 e. The molecule has 0 aliphatic carbocycles. The maximum atomic E-state index is 12.7. The summed E-state index contributed by atoms with van der Waals surface area (Å²) in [6.45, 7) is 11.9. The Labute approximate surface area is 171 Å². The first kappa shape index (κ1) is 24.2. The first-order chi connectivity index (χ1) is 13.3. The van der Waals surface area contributed by atoms with Gasteiger partial charge in [0.1, 0.15) is 0 Å². The van der Waals surface area contributed by atoms with Gasteiger partial charge in [-0.05, 0) is 51.3 Å². The van der Waals surface area contributed by atoms with Gasteiger partial charge in [-0.2, -0.15) is 0 Å². The molecule has 0 fully saturated rings. The van der Waals surface area contributed by atoms with Gasteiger partial charge in [0.05, 0.1) is 13.1 Å². The van der Waals surface area contributed by atoms with E-state index < -0.39 is 0 Å². The van der Waals surface area contributed by atoms with Crippen molar-refractivity contribution in [1.29, 1.82) is 0 Å². The van der Waals surface area contributed by atoms with E-state index in [1.54, 1.807) is 7.05 Å². The van der Waals surface area contributed by atoms with E-state index in [9.17, 15) is 9.59 Å². The Morgan fingerprint density at radius 1 is 1.04 bits per heavy atom. The molecule has 2 amide bonds. The second-order valence-electron chi connectivity index (χ2n) is 7.88. The van der Waals surface area contributed by atoms with Crippen LogP contribution in [0.1, 0.15) is 64.0 Å². The molecule has 0 aliphatic heterocycles. The van der Waals surface area contributed by atoms with E-state index in [0.29, 0.717) is 12.6 Å². The van der Waals surface area contributed by atoms with Crippen molar-refractivity contribution in [3.8, 4) is 0 Å². The van der Waals surface area contributed by atoms with Crippen molar-refractivity contribution in [3.05, 3.63) is 29.3 Å². The molecule has 1 unspecified atom stereocenters. The molecular formula is C23H39N3O2. The van der Waals surface area contributed by atoms with Crippen LogP contribution in [0.4, 0.5) is 5.69 Å². The second-order valence-corrected chi connectivity index (χ2v) is 7.88. The van der Waals surface area contributed by atoms with Crippen molar-refractivity contribution in [1.82, 2.24) is 9.80 Å². The van der Waals surface area contributed by atoms with Gasteiger partial charge in [-0.3, -0.25) is 14.5 Å². The van der Waals surface area contributed by atoms with Crippen LogP contribution in [-0.4, -0.2) is 54.3 Å². The summed E-state index contributed by atoms with van der Waals surface area (Å²) < 4.78 is 0. The van der Waals surface area contributed by atoms with Gasteiger partial charge in [0.2, 0.25) is 11.8 Å². The number of unbranched alkanes of at least 4 members (excludes halogenated alkanes) is 2. The molecule has 0 spiro atoms. The number of rotatable bonds is 12. The first-order valence-corrected chi connectivity index (χ1v) is 10.6. The molecule has 0 saturated carbocycles. The fourth-order valence-corrected chi connectivity index (χ4v) is 3.41. The lowest BCUT2D eigenvalue weighted by Crippen LogP contribution is -2.45. The molecule has 0 saturated heterocycles. The topological polar surface area (TPSA) is 52.7 Å². The number of hydrogen-bond donors (Lipinski definition) is 1. The average Bonchev–Trinajstić information content (AvgIpc) is 2.64. The Balaban J connectivity index is 2.64. The number of likely N-dealkylation sites (N-methyl/N-ethyl adjacent to an activating group) is 1. The van der Waals surface area contributed by atoms with Gasteiger partial charge in [-0.25, -0.2) is 0 Å². The normalized spacial score (nSPS) is 12.1. The highest BCUT2D eigenvalue weighted by Crippen LogP contribution is 2.19. The van der Waals surface area contributed by atoms with Crippen LogP contribution in [0, 0.1) is 13.8 Å². The SMILES string of the molecule is CCCCCN(CC(=O)N(C)CC(=O)Nc1c(C)cccc1C)C(C)CCC. The summed E-state index contributed by atoms with van der Waals surface area (Å²) in [6.07, 6.45) is 5.64. The van der Waals surface area contributed by atoms with Crippen LogP contribution in [0.5, 0.6) is 0 Å². The zero-order valence-electron chi connectivity index (χ0n) is 18.7. The molecule has 1 rings (SSSR count). The van der Waals surface area contributed by atoms with E-state index in [1.807, 2.05) is 32.0 Å². The summed E-state index contributed by atoms with van der Waals surface area (Å²) in [5.74, 6) is -0.163. The van der Waals surface area contributed by atoms with Crippen molar-refractivity contribution < 1.29 is 9.59 Å². The fraction of sp³-hybridized carbons (Fsp3) is 0.652. The standard InChI is InChI=1S/C23H39N3O2/c1-7-9-10-15-26(20(5)12-8-2)17-22(28)25(6)16-21(27)24-23-18(3)13-11-14-19(23)4/h11,13-14,20H,7-10,12,15-17H2,1-6H3,(H,24,27). The summed E-state index contributed by atoms with van der Waals surface area (Å²) >= 11 is 0. The Morgan fingerprint density at radius 3 is 2.25 bits per heavy atom. The second kappa shape index (κ2) is 12.6. The number of nitrogens with one attached hydrogen (secondary N) is 1. The summed E-state index contributed by atoms with van der Waals surface area (Å²) in [4.78, 5) is 29.0. The van der Waals surface area contributed by atoms with E-state index in [2.05, 4.69) is 31.0 Å². The van der Waals surface area contributed by atoms with Gasteiger partial charge < -0.3 is 10.2 Å². The van der Waals surface area contributed by atoms with Gasteiger partial charge in [0, 0.05) is 18.8 Å². The Hall–Kier alpha value is -1.88. The molecule has 0 aromatic heterocycles. The highest BCUT2D eigenvalue weighted by atomic mass is 16.2. The smallest absolute Gasteiger partial charge is 0.243 e. The zero-order chi connectivity index (χ0) is 21.1. The molecule has 1 atom stereocenters. The van der Waals surface area contributed by atoms with Crippen LogP contribution in [0.2, 0.25) is 0 Å². The quantitative estimate of drug-likeness (QED) is 0.540. The summed E-state index contributed by atoms with van der Waals surface area (Å²) in [5.41, 5.74) is 2.89. The third kappa shape index (κ3) is 8.01. The number of nitrogens with zero attached hydrogens (tertiary/aromatic N) is 2. The summed E-state index contributed by atoms with van der Waals surface area (Å²) in [5, 5.41) is 2.96. The summed E-state index contributed by atoms with van der Waals surface area (Å²) in [6, 6.07) is 6.30. The number of hydrogen-bond acceptors (Lipinski definition) is 3. The van der Waals surface area contributed by atoms with Crippen molar-refractivity contribution in [2.45, 2.75) is 72.8 Å². The molecule has 0 aliphatic rings. The van der Waals surface area contributed by atoms with E-state index in [4.69, 9.17) is 0 Å². The highest BCUT2D eigenvalue weighted by molar-refractivity contribution is 5.95. The van der Waals surface area contributed by atoms with E-state index in [0.717, 1.165) is 42.6 Å². The Morgan fingerprint density at radius 2 is 1.68 bits per heavy atom. The Kier molecular flexibility index (Phi) is 10.8. The van der Waals surface area contributed by atoms with E-state index in [-0.39, 0.29) is 18.4 Å². The fourth-order valence-electron chi connectivity index (χ4n) is 3.41. The highest BCUT2D eigenvalue weighted by Gasteiger charge is 2.20. The molecule has 28 heavy (non-hydrogen) atoms. The lowest BCUT2D eigenvalue weighted by atomic mass is 10.1. The number of benzene rings is 1. The summed E-state index contributed by atoms with van der Waals surface area (Å²) in [7, 11) is 1.71. The van der Waals surface area contributed by atoms with Gasteiger partial charge in [0.25, 0.3) is 0 Å². The minimum absolute atomic E-state index is 0.00360. The number of amides is 2. The van der Waals surface area contributed by atoms with Crippen molar-refractivity contribution >= 4 is 17.5 Å². The lowest BCUT2D eigenvalue weighted by molar-refractivity contribution is -0.134. The zero-order valence-corrected chi connectivity index (χ0v) is 18.7. The predicted molar refractivity (Wildman–Crippen MR) is 118 cm³/mol. The van der Waals surface area contributed by atoms with Crippen LogP contribution in [0.15, 0.2) is 18.2 Å². The first-order valence-electron chi connectivity index (χ1n) is 10.6. The molecule has 158 valence electrons. The van der Waals surface area contributed by atoms with E-state index >= 15 is 0 Å². The predicted octanol–water partition coefficient (Wildman–Crippen LogP) is 4.38. The van der Waals surface area contributed by atoms with Gasteiger partial charge in [-0.1, -0.05) is 51.3 Å². The van der Waals surface area contributed by atoms with Crippen LogP contribution in [0.3, 0.4) is 0 Å². The number of anilines is 1.